The first-order chi connectivity index (χ1) is 12.3. The maximum atomic E-state index is 10.5. The molecule has 0 saturated heterocycles. The molecule has 0 atom stereocenters. The molecule has 3 rings (SSSR count). The van der Waals surface area contributed by atoms with E-state index in [1.807, 2.05) is 48.5 Å². The standard InChI is InChI=1S/C12H12N2.C7H4Br2O3/c13-11-5-1-9(2-6-11)10-3-7-12(14)8-4-10;8-3-1-4(7(11)12)6(10)5(9)2-3/h1-8H,13-14H2;1-2,10H,(H,11,12). The molecule has 0 bridgehead atoms. The van der Waals surface area contributed by atoms with Gasteiger partial charge in [0.2, 0.25) is 0 Å². The SMILES string of the molecule is Nc1ccc(-c2ccc(N)cc2)cc1.O=C(O)c1cc(Br)cc(Br)c1O. The minimum Gasteiger partial charge on any atom is -0.506 e. The number of carboxylic acids is 1. The van der Waals surface area contributed by atoms with Gasteiger partial charge in [0.15, 0.2) is 0 Å². The molecular weight excluding hydrogens is 464 g/mol. The lowest BCUT2D eigenvalue weighted by atomic mass is 10.1. The van der Waals surface area contributed by atoms with Gasteiger partial charge in [0.1, 0.15) is 11.3 Å². The quantitative estimate of drug-likeness (QED) is 0.380. The second kappa shape index (κ2) is 8.73. The third kappa shape index (κ3) is 5.24. The number of carbonyl (C=O) groups is 1. The Morgan fingerprint density at radius 3 is 1.62 bits per heavy atom. The normalized spacial score (nSPS) is 9.92. The van der Waals surface area contributed by atoms with E-state index >= 15 is 0 Å². The molecule has 0 heterocycles. The number of aromatic carboxylic acids is 1. The molecule has 5 nitrogen and oxygen atoms in total. The summed E-state index contributed by atoms with van der Waals surface area (Å²) in [6.07, 6.45) is 0. The topological polar surface area (TPSA) is 110 Å². The van der Waals surface area contributed by atoms with E-state index in [4.69, 9.17) is 16.6 Å². The molecule has 0 amide bonds. The van der Waals surface area contributed by atoms with Crippen LogP contribution in [0.1, 0.15) is 10.4 Å². The fourth-order valence-electron chi connectivity index (χ4n) is 2.08. The average molecular weight is 480 g/mol. The summed E-state index contributed by atoms with van der Waals surface area (Å²) in [5.41, 5.74) is 15.0. The zero-order chi connectivity index (χ0) is 19.3. The van der Waals surface area contributed by atoms with E-state index in [9.17, 15) is 9.90 Å². The summed E-state index contributed by atoms with van der Waals surface area (Å²) in [6.45, 7) is 0. The Morgan fingerprint density at radius 1 is 0.808 bits per heavy atom. The van der Waals surface area contributed by atoms with Crippen molar-refractivity contribution in [2.24, 2.45) is 0 Å². The van der Waals surface area contributed by atoms with E-state index in [0.29, 0.717) is 8.95 Å². The molecule has 7 heteroatoms. The monoisotopic (exact) mass is 478 g/mol. The predicted molar refractivity (Wildman–Crippen MR) is 111 cm³/mol. The van der Waals surface area contributed by atoms with Crippen LogP contribution in [0.25, 0.3) is 11.1 Å². The van der Waals surface area contributed by atoms with Crippen molar-refractivity contribution >= 4 is 49.2 Å². The van der Waals surface area contributed by atoms with Crippen LogP contribution in [0.15, 0.2) is 69.6 Å². The van der Waals surface area contributed by atoms with Gasteiger partial charge in [-0.3, -0.25) is 0 Å². The van der Waals surface area contributed by atoms with E-state index in [-0.39, 0.29) is 11.3 Å². The van der Waals surface area contributed by atoms with E-state index in [1.54, 1.807) is 6.07 Å². The number of hydrogen-bond donors (Lipinski definition) is 4. The average Bonchev–Trinajstić information content (AvgIpc) is 2.60. The molecule has 0 spiro atoms. The van der Waals surface area contributed by atoms with Gasteiger partial charge >= 0.3 is 5.97 Å². The highest BCUT2D eigenvalue weighted by atomic mass is 79.9. The number of hydrogen-bond acceptors (Lipinski definition) is 4. The first-order valence-corrected chi connectivity index (χ1v) is 8.99. The van der Waals surface area contributed by atoms with Gasteiger partial charge in [-0.05, 0) is 63.5 Å². The molecule has 0 aliphatic heterocycles. The van der Waals surface area contributed by atoms with Gasteiger partial charge in [-0.15, -0.1) is 0 Å². The summed E-state index contributed by atoms with van der Waals surface area (Å²) in [5, 5.41) is 17.9. The van der Waals surface area contributed by atoms with Crippen LogP contribution in [0, 0.1) is 0 Å². The molecule has 0 fully saturated rings. The Hall–Kier alpha value is -2.51. The lowest BCUT2D eigenvalue weighted by molar-refractivity contribution is 0.0693. The summed E-state index contributed by atoms with van der Waals surface area (Å²) in [7, 11) is 0. The van der Waals surface area contributed by atoms with Gasteiger partial charge in [0.05, 0.1) is 4.47 Å². The molecule has 134 valence electrons. The van der Waals surface area contributed by atoms with E-state index in [1.165, 1.54) is 6.07 Å². The lowest BCUT2D eigenvalue weighted by Crippen LogP contribution is -1.96. The van der Waals surface area contributed by atoms with Crippen LogP contribution in [-0.4, -0.2) is 16.2 Å². The fraction of sp³-hybridized carbons (Fsp3) is 0. The third-order valence-electron chi connectivity index (χ3n) is 3.41. The summed E-state index contributed by atoms with van der Waals surface area (Å²) >= 11 is 6.13. The lowest BCUT2D eigenvalue weighted by Gasteiger charge is -2.02. The fourth-order valence-corrected chi connectivity index (χ4v) is 3.31. The first-order valence-electron chi connectivity index (χ1n) is 7.40. The molecule has 0 unspecified atom stereocenters. The zero-order valence-corrected chi connectivity index (χ0v) is 16.7. The number of rotatable bonds is 2. The molecule has 0 aromatic heterocycles. The zero-order valence-electron chi connectivity index (χ0n) is 13.5. The molecule has 0 saturated carbocycles. The highest BCUT2D eigenvalue weighted by Gasteiger charge is 2.12. The smallest absolute Gasteiger partial charge is 0.339 e. The van der Waals surface area contributed by atoms with Crippen molar-refractivity contribution in [3.63, 3.8) is 0 Å². The summed E-state index contributed by atoms with van der Waals surface area (Å²) < 4.78 is 0.957. The van der Waals surface area contributed by atoms with Crippen molar-refractivity contribution < 1.29 is 15.0 Å². The number of nitrogens with two attached hydrogens (primary N) is 2. The molecule has 6 N–H and O–H groups in total. The van der Waals surface area contributed by atoms with Crippen LogP contribution < -0.4 is 11.5 Å². The Bertz CT molecular complexity index is 868. The van der Waals surface area contributed by atoms with Crippen molar-refractivity contribution in [1.82, 2.24) is 0 Å². The van der Waals surface area contributed by atoms with Gasteiger partial charge in [0, 0.05) is 15.8 Å². The first kappa shape index (κ1) is 19.8. The molecule has 26 heavy (non-hydrogen) atoms. The van der Waals surface area contributed by atoms with Gasteiger partial charge in [-0.2, -0.15) is 0 Å². The number of phenols is 1. The Balaban J connectivity index is 0.000000190. The second-order valence-corrected chi connectivity index (χ2v) is 7.10. The highest BCUT2D eigenvalue weighted by Crippen LogP contribution is 2.31. The van der Waals surface area contributed by atoms with Gasteiger partial charge in [-0.1, -0.05) is 40.2 Å². The minimum atomic E-state index is -1.16. The number of nitrogen functional groups attached to an aromatic ring is 2. The van der Waals surface area contributed by atoms with Crippen LogP contribution in [0.3, 0.4) is 0 Å². The molecule has 0 aliphatic carbocycles. The molecule has 0 radical (unpaired) electrons. The predicted octanol–water partition coefficient (Wildman–Crippen LogP) is 5.13. The molecular formula is C19H16Br2N2O3. The molecule has 3 aromatic carbocycles. The Kier molecular flexibility index (Phi) is 6.65. The second-order valence-electron chi connectivity index (χ2n) is 5.33. The van der Waals surface area contributed by atoms with Crippen molar-refractivity contribution in [2.45, 2.75) is 0 Å². The number of carboxylic acid groups (broad SMARTS) is 1. The van der Waals surface area contributed by atoms with Crippen LogP contribution >= 0.6 is 31.9 Å². The van der Waals surface area contributed by atoms with Crippen LogP contribution in [0.5, 0.6) is 5.75 Å². The number of halogens is 2. The van der Waals surface area contributed by atoms with Crippen LogP contribution in [-0.2, 0) is 0 Å². The van der Waals surface area contributed by atoms with Crippen molar-refractivity contribution in [1.29, 1.82) is 0 Å². The van der Waals surface area contributed by atoms with Crippen LogP contribution in [0.2, 0.25) is 0 Å². The van der Waals surface area contributed by atoms with Crippen molar-refractivity contribution in [2.75, 3.05) is 11.5 Å². The maximum absolute atomic E-state index is 10.5. The third-order valence-corrected chi connectivity index (χ3v) is 4.48. The molecule has 3 aromatic rings. The van der Waals surface area contributed by atoms with E-state index in [2.05, 4.69) is 31.9 Å². The van der Waals surface area contributed by atoms with E-state index in [0.717, 1.165) is 22.5 Å². The number of aromatic hydroxyl groups is 1. The molecule has 0 aliphatic rings. The van der Waals surface area contributed by atoms with Gasteiger partial charge in [0.25, 0.3) is 0 Å². The summed E-state index contributed by atoms with van der Waals surface area (Å²) in [5.74, 6) is -1.42. The number of benzene rings is 3. The Labute approximate surface area is 167 Å². The maximum Gasteiger partial charge on any atom is 0.339 e. The van der Waals surface area contributed by atoms with Crippen molar-refractivity contribution in [3.05, 3.63) is 75.2 Å². The highest BCUT2D eigenvalue weighted by molar-refractivity contribution is 9.11. The Morgan fingerprint density at radius 2 is 1.23 bits per heavy atom. The van der Waals surface area contributed by atoms with Gasteiger partial charge < -0.3 is 21.7 Å². The van der Waals surface area contributed by atoms with Crippen LogP contribution in [0.4, 0.5) is 11.4 Å². The van der Waals surface area contributed by atoms with Crippen molar-refractivity contribution in [3.8, 4) is 16.9 Å². The van der Waals surface area contributed by atoms with Gasteiger partial charge in [-0.25, -0.2) is 4.79 Å². The van der Waals surface area contributed by atoms with E-state index < -0.39 is 5.97 Å². The minimum absolute atomic E-state index is 0.128. The largest absolute Gasteiger partial charge is 0.506 e. The summed E-state index contributed by atoms with van der Waals surface area (Å²) in [6, 6.07) is 18.5. The summed E-state index contributed by atoms with van der Waals surface area (Å²) in [4.78, 5) is 10.5. The number of anilines is 2.